The number of hydrogen-bond donors (Lipinski definition) is 2. The second-order valence-corrected chi connectivity index (χ2v) is 3.77. The molecule has 0 radical (unpaired) electrons. The summed E-state index contributed by atoms with van der Waals surface area (Å²) in [7, 11) is 0. The lowest BCUT2D eigenvalue weighted by Gasteiger charge is -2.16. The Morgan fingerprint density at radius 2 is 2.33 bits per heavy atom. The van der Waals surface area contributed by atoms with Crippen LogP contribution in [0.3, 0.4) is 0 Å². The molecule has 0 spiro atoms. The van der Waals surface area contributed by atoms with Crippen LogP contribution in [0.5, 0.6) is 5.75 Å². The number of hydrogen-bond acceptors (Lipinski definition) is 5. The van der Waals surface area contributed by atoms with Crippen molar-refractivity contribution in [2.75, 3.05) is 0 Å². The van der Waals surface area contributed by atoms with Crippen molar-refractivity contribution in [1.82, 2.24) is 0 Å². The van der Waals surface area contributed by atoms with E-state index >= 15 is 0 Å². The molecular weight excluding hydrogens is 238 g/mol. The van der Waals surface area contributed by atoms with Crippen LogP contribution in [0.25, 0.3) is 0 Å². The quantitative estimate of drug-likeness (QED) is 0.273. The van der Waals surface area contributed by atoms with Gasteiger partial charge in [-0.3, -0.25) is 10.1 Å². The molecule has 7 nitrogen and oxygen atoms in total. The van der Waals surface area contributed by atoms with Crippen molar-refractivity contribution in [1.29, 1.82) is 0 Å². The second kappa shape index (κ2) is 5.85. The van der Waals surface area contributed by atoms with Crippen molar-refractivity contribution in [3.8, 4) is 5.75 Å². The summed E-state index contributed by atoms with van der Waals surface area (Å²) in [6, 6.07) is 4.53. The number of aryl methyl sites for hydroxylation is 1. The molecule has 0 saturated carbocycles. The van der Waals surface area contributed by atoms with Crippen LogP contribution in [0.1, 0.15) is 18.9 Å². The van der Waals surface area contributed by atoms with Gasteiger partial charge in [-0.15, -0.1) is 0 Å². The third-order valence-corrected chi connectivity index (χ3v) is 2.40. The molecule has 18 heavy (non-hydrogen) atoms. The van der Waals surface area contributed by atoms with E-state index in [1.54, 1.807) is 26.0 Å². The van der Waals surface area contributed by atoms with Crippen molar-refractivity contribution < 1.29 is 14.9 Å². The van der Waals surface area contributed by atoms with E-state index in [4.69, 9.17) is 15.7 Å². The molecule has 0 heterocycles. The summed E-state index contributed by atoms with van der Waals surface area (Å²) in [6.07, 6.45) is -0.267. The van der Waals surface area contributed by atoms with Gasteiger partial charge in [0.2, 0.25) is 0 Å². The molecule has 7 heteroatoms. The molecule has 0 bridgehead atoms. The van der Waals surface area contributed by atoms with Gasteiger partial charge in [-0.25, -0.2) is 0 Å². The third kappa shape index (κ3) is 3.09. The van der Waals surface area contributed by atoms with Crippen LogP contribution in [0.15, 0.2) is 23.4 Å². The molecule has 1 aromatic rings. The molecule has 3 N–H and O–H groups in total. The minimum atomic E-state index is -0.699. The van der Waals surface area contributed by atoms with Gasteiger partial charge in [-0.1, -0.05) is 18.1 Å². The van der Waals surface area contributed by atoms with Crippen molar-refractivity contribution in [2.24, 2.45) is 10.9 Å². The number of nitrogens with two attached hydrogens (primary N) is 1. The van der Waals surface area contributed by atoms with E-state index in [1.807, 2.05) is 0 Å². The van der Waals surface area contributed by atoms with Crippen LogP contribution in [0.2, 0.25) is 0 Å². The molecule has 0 aliphatic heterocycles. The number of nitro groups is 1. The Kier molecular flexibility index (Phi) is 4.47. The van der Waals surface area contributed by atoms with Crippen LogP contribution < -0.4 is 10.5 Å². The summed E-state index contributed by atoms with van der Waals surface area (Å²) in [6.45, 7) is 3.56. The van der Waals surface area contributed by atoms with E-state index in [-0.39, 0.29) is 17.3 Å². The highest BCUT2D eigenvalue weighted by Crippen LogP contribution is 2.29. The molecule has 0 aromatic heterocycles. The zero-order valence-electron chi connectivity index (χ0n) is 10.2. The fourth-order valence-electron chi connectivity index (χ4n) is 1.44. The zero-order valence-corrected chi connectivity index (χ0v) is 10.2. The van der Waals surface area contributed by atoms with Crippen LogP contribution in [-0.2, 0) is 0 Å². The molecular formula is C11H15N3O4. The topological polar surface area (TPSA) is 111 Å². The predicted molar refractivity (Wildman–Crippen MR) is 65.9 cm³/mol. The minimum absolute atomic E-state index is 0.110. The lowest BCUT2D eigenvalue weighted by Crippen LogP contribution is -2.33. The lowest BCUT2D eigenvalue weighted by atomic mass is 10.2. The lowest BCUT2D eigenvalue weighted by molar-refractivity contribution is -0.386. The van der Waals surface area contributed by atoms with E-state index in [1.165, 1.54) is 6.07 Å². The maximum absolute atomic E-state index is 10.9. The first-order chi connectivity index (χ1) is 8.49. The van der Waals surface area contributed by atoms with Gasteiger partial charge in [0.25, 0.3) is 0 Å². The number of rotatable bonds is 5. The molecule has 1 atom stereocenters. The number of ether oxygens (including phenoxy) is 1. The van der Waals surface area contributed by atoms with Gasteiger partial charge in [0.1, 0.15) is 0 Å². The highest BCUT2D eigenvalue weighted by atomic mass is 16.6. The summed E-state index contributed by atoms with van der Waals surface area (Å²) < 4.78 is 5.43. The highest BCUT2D eigenvalue weighted by molar-refractivity contribution is 5.84. The van der Waals surface area contributed by atoms with Gasteiger partial charge < -0.3 is 15.7 Å². The maximum Gasteiger partial charge on any atom is 0.310 e. The summed E-state index contributed by atoms with van der Waals surface area (Å²) in [5, 5.41) is 22.3. The van der Waals surface area contributed by atoms with Crippen LogP contribution >= 0.6 is 0 Å². The predicted octanol–water partition coefficient (Wildman–Crippen LogP) is 1.81. The first kappa shape index (κ1) is 13.8. The van der Waals surface area contributed by atoms with Crippen LogP contribution in [0.4, 0.5) is 5.69 Å². The van der Waals surface area contributed by atoms with Gasteiger partial charge in [-0.05, 0) is 25.0 Å². The molecule has 1 aromatic carbocycles. The van der Waals surface area contributed by atoms with E-state index in [9.17, 15) is 10.1 Å². The van der Waals surface area contributed by atoms with Crippen molar-refractivity contribution in [3.05, 3.63) is 33.9 Å². The maximum atomic E-state index is 10.9. The largest absolute Gasteiger partial charge is 0.475 e. The summed E-state index contributed by atoms with van der Waals surface area (Å²) >= 11 is 0. The van der Waals surface area contributed by atoms with Crippen molar-refractivity contribution >= 4 is 11.5 Å². The van der Waals surface area contributed by atoms with Crippen molar-refractivity contribution in [2.45, 2.75) is 26.4 Å². The molecule has 0 fully saturated rings. The molecule has 0 aliphatic carbocycles. The fourth-order valence-corrected chi connectivity index (χ4v) is 1.44. The molecule has 0 aliphatic rings. The van der Waals surface area contributed by atoms with E-state index in [0.717, 1.165) is 5.56 Å². The number of oxime groups is 1. The highest BCUT2D eigenvalue weighted by Gasteiger charge is 2.20. The SMILES string of the molecule is CCC(Oc1cc(C)ccc1[N+](=O)[O-])C(N)=NO. The number of amidine groups is 1. The molecule has 1 unspecified atom stereocenters. The van der Waals surface area contributed by atoms with Crippen LogP contribution in [-0.4, -0.2) is 22.1 Å². The normalized spacial score (nSPS) is 13.1. The monoisotopic (exact) mass is 253 g/mol. The summed E-state index contributed by atoms with van der Waals surface area (Å²) in [5.41, 5.74) is 6.12. The zero-order chi connectivity index (χ0) is 13.7. The fraction of sp³-hybridized carbons (Fsp3) is 0.364. The molecule has 1 rings (SSSR count). The molecule has 0 saturated heterocycles. The third-order valence-electron chi connectivity index (χ3n) is 2.40. The number of benzene rings is 1. The Morgan fingerprint density at radius 3 is 2.83 bits per heavy atom. The second-order valence-electron chi connectivity index (χ2n) is 3.77. The first-order valence-corrected chi connectivity index (χ1v) is 5.38. The smallest absolute Gasteiger partial charge is 0.310 e. The Balaban J connectivity index is 3.08. The van der Waals surface area contributed by atoms with Gasteiger partial charge in [0.05, 0.1) is 4.92 Å². The number of nitro benzene ring substituents is 1. The van der Waals surface area contributed by atoms with E-state index in [0.29, 0.717) is 6.42 Å². The van der Waals surface area contributed by atoms with Gasteiger partial charge in [-0.2, -0.15) is 0 Å². The van der Waals surface area contributed by atoms with Gasteiger partial charge in [0, 0.05) is 6.07 Å². The standard InChI is InChI=1S/C11H15N3O4/c1-3-9(11(12)13-15)18-10-6-7(2)4-5-8(10)14(16)17/h4-6,9,15H,3H2,1-2H3,(H2,12,13). The van der Waals surface area contributed by atoms with Crippen molar-refractivity contribution in [3.63, 3.8) is 0 Å². The number of nitrogens with zero attached hydrogens (tertiary/aromatic N) is 2. The average molecular weight is 253 g/mol. The van der Waals surface area contributed by atoms with Gasteiger partial charge >= 0.3 is 5.69 Å². The Hall–Kier alpha value is -2.31. The van der Waals surface area contributed by atoms with E-state index < -0.39 is 11.0 Å². The Morgan fingerprint density at radius 1 is 1.67 bits per heavy atom. The summed E-state index contributed by atoms with van der Waals surface area (Å²) in [5.74, 6) is -0.00764. The van der Waals surface area contributed by atoms with E-state index in [2.05, 4.69) is 5.16 Å². The van der Waals surface area contributed by atoms with Gasteiger partial charge in [0.15, 0.2) is 17.7 Å². The minimum Gasteiger partial charge on any atom is -0.475 e. The summed E-state index contributed by atoms with van der Waals surface area (Å²) in [4.78, 5) is 10.3. The molecule has 0 amide bonds. The Labute approximate surface area is 104 Å². The van der Waals surface area contributed by atoms with Crippen LogP contribution in [0, 0.1) is 17.0 Å². The Bertz CT molecular complexity index is 473. The first-order valence-electron chi connectivity index (χ1n) is 5.38. The average Bonchev–Trinajstić information content (AvgIpc) is 2.34. The molecule has 98 valence electrons.